The molecule has 0 saturated heterocycles. The van der Waals surface area contributed by atoms with Crippen LogP contribution >= 0.6 is 0 Å². The maximum Gasteiger partial charge on any atom is 0.209 e. The van der Waals surface area contributed by atoms with Gasteiger partial charge < -0.3 is 0 Å². The fraction of sp³-hybridized carbons (Fsp3) is 0.750. The van der Waals surface area contributed by atoms with E-state index >= 15 is 0 Å². The number of hydrogen-bond donors (Lipinski definition) is 1. The van der Waals surface area contributed by atoms with E-state index in [0.717, 1.165) is 19.3 Å². The van der Waals surface area contributed by atoms with Crippen LogP contribution in [0, 0.1) is 0 Å². The SMILES string of the molecule is CC=CCCCCCS(N)(=O)=O. The second kappa shape index (κ2) is 6.20. The van der Waals surface area contributed by atoms with Gasteiger partial charge in [-0.2, -0.15) is 0 Å². The standard InChI is InChI=1S/C8H17NO2S/c1-2-3-4-5-6-7-8-12(9,10)11/h2-3H,4-8H2,1H3,(H2,9,10,11). The number of sulfonamides is 1. The highest BCUT2D eigenvalue weighted by Gasteiger charge is 2.00. The van der Waals surface area contributed by atoms with Gasteiger partial charge >= 0.3 is 0 Å². The molecular formula is C8H17NO2S. The molecule has 0 fully saturated rings. The van der Waals surface area contributed by atoms with E-state index in [1.165, 1.54) is 0 Å². The zero-order chi connectivity index (χ0) is 9.45. The topological polar surface area (TPSA) is 60.2 Å². The van der Waals surface area contributed by atoms with Gasteiger partial charge in [0.25, 0.3) is 0 Å². The Hall–Kier alpha value is -0.350. The van der Waals surface area contributed by atoms with Crippen LogP contribution in [0.25, 0.3) is 0 Å². The second-order valence-electron chi connectivity index (χ2n) is 2.79. The minimum atomic E-state index is -3.23. The summed E-state index contributed by atoms with van der Waals surface area (Å²) in [6.45, 7) is 1.98. The van der Waals surface area contributed by atoms with Crippen LogP contribution < -0.4 is 5.14 Å². The third kappa shape index (κ3) is 9.65. The van der Waals surface area contributed by atoms with Crippen LogP contribution in [0.5, 0.6) is 0 Å². The lowest BCUT2D eigenvalue weighted by atomic mass is 10.2. The summed E-state index contributed by atoms with van der Waals surface area (Å²) in [5, 5.41) is 4.83. The van der Waals surface area contributed by atoms with Gasteiger partial charge in [-0.25, -0.2) is 13.6 Å². The van der Waals surface area contributed by atoms with Crippen LogP contribution in [-0.4, -0.2) is 14.2 Å². The minimum absolute atomic E-state index is 0.114. The average molecular weight is 191 g/mol. The van der Waals surface area contributed by atoms with Crippen molar-refractivity contribution in [2.45, 2.75) is 32.6 Å². The van der Waals surface area contributed by atoms with Crippen LogP contribution in [0.3, 0.4) is 0 Å². The third-order valence-corrected chi connectivity index (χ3v) is 2.39. The zero-order valence-corrected chi connectivity index (χ0v) is 8.31. The van der Waals surface area contributed by atoms with Crippen LogP contribution in [0.1, 0.15) is 32.6 Å². The van der Waals surface area contributed by atoms with Crippen molar-refractivity contribution in [1.29, 1.82) is 0 Å². The Morgan fingerprint density at radius 3 is 2.42 bits per heavy atom. The van der Waals surface area contributed by atoms with Crippen molar-refractivity contribution in [3.63, 3.8) is 0 Å². The highest BCUT2D eigenvalue weighted by atomic mass is 32.2. The molecule has 0 rings (SSSR count). The van der Waals surface area contributed by atoms with Crippen molar-refractivity contribution in [2.24, 2.45) is 5.14 Å². The highest BCUT2D eigenvalue weighted by Crippen LogP contribution is 2.01. The Morgan fingerprint density at radius 2 is 1.92 bits per heavy atom. The molecule has 0 aromatic heterocycles. The first-order chi connectivity index (χ1) is 5.56. The van der Waals surface area contributed by atoms with Crippen molar-refractivity contribution in [3.8, 4) is 0 Å². The quantitative estimate of drug-likeness (QED) is 0.509. The summed E-state index contributed by atoms with van der Waals surface area (Å²) >= 11 is 0. The van der Waals surface area contributed by atoms with Gasteiger partial charge in [0.2, 0.25) is 10.0 Å². The first kappa shape index (κ1) is 11.6. The highest BCUT2D eigenvalue weighted by molar-refractivity contribution is 7.89. The van der Waals surface area contributed by atoms with Crippen molar-refractivity contribution in [2.75, 3.05) is 5.75 Å². The number of rotatable bonds is 6. The van der Waals surface area contributed by atoms with Crippen LogP contribution in [0.15, 0.2) is 12.2 Å². The molecule has 0 aliphatic heterocycles. The average Bonchev–Trinajstić information content (AvgIpc) is 1.94. The number of unbranched alkanes of at least 4 members (excludes halogenated alkanes) is 3. The summed E-state index contributed by atoms with van der Waals surface area (Å²) in [6, 6.07) is 0. The van der Waals surface area contributed by atoms with E-state index in [1.54, 1.807) is 0 Å². The van der Waals surface area contributed by atoms with Crippen molar-refractivity contribution in [3.05, 3.63) is 12.2 Å². The molecule has 0 aliphatic rings. The first-order valence-corrected chi connectivity index (χ1v) is 5.89. The number of hydrogen-bond acceptors (Lipinski definition) is 2. The monoisotopic (exact) mass is 191 g/mol. The number of primary sulfonamides is 1. The lowest BCUT2D eigenvalue weighted by Gasteiger charge is -1.96. The van der Waals surface area contributed by atoms with E-state index < -0.39 is 10.0 Å². The maximum atomic E-state index is 10.5. The second-order valence-corrected chi connectivity index (χ2v) is 4.52. The van der Waals surface area contributed by atoms with Gasteiger partial charge in [0.15, 0.2) is 0 Å². The Labute approximate surface area is 74.7 Å². The van der Waals surface area contributed by atoms with E-state index in [9.17, 15) is 8.42 Å². The van der Waals surface area contributed by atoms with Gasteiger partial charge in [-0.3, -0.25) is 0 Å². The van der Waals surface area contributed by atoms with E-state index in [1.807, 2.05) is 13.0 Å². The van der Waals surface area contributed by atoms with Gasteiger partial charge in [0.05, 0.1) is 5.75 Å². The summed E-state index contributed by atoms with van der Waals surface area (Å²) in [4.78, 5) is 0. The van der Waals surface area contributed by atoms with Gasteiger partial charge in [-0.1, -0.05) is 18.6 Å². The van der Waals surface area contributed by atoms with Crippen molar-refractivity contribution < 1.29 is 8.42 Å². The summed E-state index contributed by atoms with van der Waals surface area (Å²) < 4.78 is 21.0. The van der Waals surface area contributed by atoms with E-state index in [0.29, 0.717) is 6.42 Å². The van der Waals surface area contributed by atoms with Crippen LogP contribution in [-0.2, 0) is 10.0 Å². The molecule has 0 spiro atoms. The lowest BCUT2D eigenvalue weighted by molar-refractivity contribution is 0.591. The van der Waals surface area contributed by atoms with Crippen LogP contribution in [0.2, 0.25) is 0 Å². The summed E-state index contributed by atoms with van der Waals surface area (Å²) in [5.74, 6) is 0.114. The molecule has 12 heavy (non-hydrogen) atoms. The predicted molar refractivity (Wildman–Crippen MR) is 51.3 cm³/mol. The van der Waals surface area contributed by atoms with Gasteiger partial charge in [0.1, 0.15) is 0 Å². The summed E-state index contributed by atoms with van der Waals surface area (Å²) in [6.07, 6.45) is 7.76. The molecule has 0 aromatic carbocycles. The Kier molecular flexibility index (Phi) is 6.02. The van der Waals surface area contributed by atoms with Crippen molar-refractivity contribution >= 4 is 10.0 Å². The van der Waals surface area contributed by atoms with E-state index in [4.69, 9.17) is 5.14 Å². The Morgan fingerprint density at radius 1 is 1.25 bits per heavy atom. The van der Waals surface area contributed by atoms with E-state index in [2.05, 4.69) is 6.08 Å². The molecule has 0 radical (unpaired) electrons. The normalized spacial score (nSPS) is 12.5. The largest absolute Gasteiger partial charge is 0.229 e. The summed E-state index contributed by atoms with van der Waals surface area (Å²) in [5.41, 5.74) is 0. The smallest absolute Gasteiger partial charge is 0.209 e. The molecule has 0 unspecified atom stereocenters. The molecular weight excluding hydrogens is 174 g/mol. The third-order valence-electron chi connectivity index (χ3n) is 1.54. The molecule has 0 aliphatic carbocycles. The predicted octanol–water partition coefficient (Wildman–Crippen LogP) is 1.41. The van der Waals surface area contributed by atoms with E-state index in [-0.39, 0.29) is 5.75 Å². The molecule has 0 saturated carbocycles. The molecule has 4 heteroatoms. The fourth-order valence-electron chi connectivity index (χ4n) is 0.909. The number of nitrogens with two attached hydrogens (primary N) is 1. The molecule has 0 atom stereocenters. The lowest BCUT2D eigenvalue weighted by Crippen LogP contribution is -2.16. The molecule has 2 N–H and O–H groups in total. The molecule has 72 valence electrons. The fourth-order valence-corrected chi connectivity index (χ4v) is 1.52. The van der Waals surface area contributed by atoms with Gasteiger partial charge in [-0.15, -0.1) is 0 Å². The molecule has 3 nitrogen and oxygen atoms in total. The Balaban J connectivity index is 3.23. The van der Waals surface area contributed by atoms with Crippen molar-refractivity contribution in [1.82, 2.24) is 0 Å². The molecule has 0 amide bonds. The minimum Gasteiger partial charge on any atom is -0.229 e. The molecule has 0 heterocycles. The zero-order valence-electron chi connectivity index (χ0n) is 7.49. The molecule has 0 aromatic rings. The first-order valence-electron chi connectivity index (χ1n) is 4.18. The Bertz CT molecular complexity index is 219. The maximum absolute atomic E-state index is 10.5. The van der Waals surface area contributed by atoms with Gasteiger partial charge in [0, 0.05) is 0 Å². The summed E-state index contributed by atoms with van der Waals surface area (Å²) in [7, 11) is -3.23. The molecule has 0 bridgehead atoms. The number of allylic oxidation sites excluding steroid dienone is 2. The van der Waals surface area contributed by atoms with Crippen LogP contribution in [0.4, 0.5) is 0 Å². The van der Waals surface area contributed by atoms with Gasteiger partial charge in [-0.05, 0) is 26.2 Å².